The highest BCUT2D eigenvalue weighted by molar-refractivity contribution is 7.12. The Kier molecular flexibility index (Phi) is 5.66. The summed E-state index contributed by atoms with van der Waals surface area (Å²) in [5.74, 6) is 0.312. The van der Waals surface area contributed by atoms with Gasteiger partial charge < -0.3 is 10.4 Å². The molecule has 1 saturated carbocycles. The van der Waals surface area contributed by atoms with Gasteiger partial charge in [-0.25, -0.2) is 0 Å². The van der Waals surface area contributed by atoms with Crippen molar-refractivity contribution in [1.29, 1.82) is 0 Å². The fraction of sp³-hybridized carbons (Fsp3) is 0.400. The number of nitrogens with one attached hydrogen (secondary N) is 1. The third kappa shape index (κ3) is 4.77. The molecule has 0 spiro atoms. The molecule has 1 aromatic carbocycles. The minimum atomic E-state index is -0.241. The van der Waals surface area contributed by atoms with Crippen LogP contribution in [0.15, 0.2) is 41.8 Å². The van der Waals surface area contributed by atoms with Gasteiger partial charge in [-0.1, -0.05) is 30.3 Å². The van der Waals surface area contributed by atoms with Crippen molar-refractivity contribution in [3.63, 3.8) is 0 Å². The first kappa shape index (κ1) is 17.8. The van der Waals surface area contributed by atoms with Gasteiger partial charge in [0, 0.05) is 6.04 Å². The SMILES string of the molecule is CC(=O)c1cc(CC(=O)N[C@@H](Cc2ccccc2)C2CC(O)C2)cs1. The second-order valence-corrected chi connectivity index (χ2v) is 7.71. The molecule has 2 N–H and O–H groups in total. The van der Waals surface area contributed by atoms with Crippen LogP contribution in [0.5, 0.6) is 0 Å². The van der Waals surface area contributed by atoms with Gasteiger partial charge in [0.2, 0.25) is 5.91 Å². The lowest BCUT2D eigenvalue weighted by Crippen LogP contribution is -2.48. The summed E-state index contributed by atoms with van der Waals surface area (Å²) in [7, 11) is 0. The number of hydrogen-bond acceptors (Lipinski definition) is 4. The minimum Gasteiger partial charge on any atom is -0.393 e. The molecule has 3 rings (SSSR count). The number of rotatable bonds is 7. The van der Waals surface area contributed by atoms with Crippen molar-refractivity contribution in [2.75, 3.05) is 0 Å². The fourth-order valence-corrected chi connectivity index (χ4v) is 4.07. The first-order chi connectivity index (χ1) is 12.0. The predicted octanol–water partition coefficient (Wildman–Crippen LogP) is 2.99. The van der Waals surface area contributed by atoms with E-state index in [1.807, 2.05) is 23.6 Å². The molecular weight excluding hydrogens is 334 g/mol. The van der Waals surface area contributed by atoms with E-state index >= 15 is 0 Å². The quantitative estimate of drug-likeness (QED) is 0.749. The van der Waals surface area contributed by atoms with E-state index in [-0.39, 0.29) is 30.3 Å². The van der Waals surface area contributed by atoms with Gasteiger partial charge in [0.1, 0.15) is 0 Å². The predicted molar refractivity (Wildman–Crippen MR) is 98.8 cm³/mol. The van der Waals surface area contributed by atoms with Crippen LogP contribution in [0, 0.1) is 5.92 Å². The van der Waals surface area contributed by atoms with Gasteiger partial charge in [-0.05, 0) is 54.7 Å². The highest BCUT2D eigenvalue weighted by atomic mass is 32.1. The monoisotopic (exact) mass is 357 g/mol. The molecule has 0 radical (unpaired) electrons. The Balaban J connectivity index is 1.62. The number of aliphatic hydroxyl groups is 1. The van der Waals surface area contributed by atoms with E-state index in [0.717, 1.165) is 24.8 Å². The van der Waals surface area contributed by atoms with Crippen molar-refractivity contribution in [2.45, 2.75) is 44.8 Å². The van der Waals surface area contributed by atoms with Gasteiger partial charge >= 0.3 is 0 Å². The maximum Gasteiger partial charge on any atom is 0.224 e. The topological polar surface area (TPSA) is 66.4 Å². The Morgan fingerprint density at radius 1 is 1.24 bits per heavy atom. The number of ketones is 1. The molecule has 0 aliphatic heterocycles. The molecule has 1 atom stereocenters. The van der Waals surface area contributed by atoms with E-state index in [9.17, 15) is 14.7 Å². The Bertz CT molecular complexity index is 734. The molecular formula is C20H23NO3S. The fourth-order valence-electron chi connectivity index (χ4n) is 3.26. The first-order valence-electron chi connectivity index (χ1n) is 8.61. The second kappa shape index (κ2) is 7.93. The smallest absolute Gasteiger partial charge is 0.224 e. The molecule has 1 amide bonds. The summed E-state index contributed by atoms with van der Waals surface area (Å²) >= 11 is 1.38. The summed E-state index contributed by atoms with van der Waals surface area (Å²) in [6, 6.07) is 11.9. The molecule has 1 aromatic heterocycles. The molecule has 5 heteroatoms. The largest absolute Gasteiger partial charge is 0.393 e. The molecule has 1 aliphatic carbocycles. The Morgan fingerprint density at radius 3 is 2.56 bits per heavy atom. The summed E-state index contributed by atoms with van der Waals surface area (Å²) in [5.41, 5.74) is 2.06. The average molecular weight is 357 g/mol. The molecule has 132 valence electrons. The Hall–Kier alpha value is -1.98. The zero-order chi connectivity index (χ0) is 17.8. The summed E-state index contributed by atoms with van der Waals surface area (Å²) in [6.45, 7) is 1.54. The zero-order valence-corrected chi connectivity index (χ0v) is 15.1. The van der Waals surface area contributed by atoms with Crippen LogP contribution >= 0.6 is 11.3 Å². The molecule has 1 fully saturated rings. The number of carbonyl (C=O) groups excluding carboxylic acids is 2. The summed E-state index contributed by atoms with van der Waals surface area (Å²) in [5, 5.41) is 14.6. The van der Waals surface area contributed by atoms with Gasteiger partial charge in [0.15, 0.2) is 5.78 Å². The van der Waals surface area contributed by atoms with Crippen LogP contribution in [0.3, 0.4) is 0 Å². The van der Waals surface area contributed by atoms with Crippen LogP contribution in [0.4, 0.5) is 0 Å². The van der Waals surface area contributed by atoms with Crippen LogP contribution in [-0.4, -0.2) is 28.9 Å². The second-order valence-electron chi connectivity index (χ2n) is 6.80. The van der Waals surface area contributed by atoms with Crippen molar-refractivity contribution in [1.82, 2.24) is 5.32 Å². The van der Waals surface area contributed by atoms with Crippen molar-refractivity contribution in [3.8, 4) is 0 Å². The van der Waals surface area contributed by atoms with E-state index < -0.39 is 0 Å². The summed E-state index contributed by atoms with van der Waals surface area (Å²) in [6.07, 6.45) is 2.29. The highest BCUT2D eigenvalue weighted by Gasteiger charge is 2.34. The van der Waals surface area contributed by atoms with E-state index in [4.69, 9.17) is 0 Å². The van der Waals surface area contributed by atoms with Gasteiger partial charge in [-0.2, -0.15) is 0 Å². The van der Waals surface area contributed by atoms with Crippen LogP contribution in [0.1, 0.15) is 40.6 Å². The molecule has 4 nitrogen and oxygen atoms in total. The molecule has 0 saturated heterocycles. The van der Waals surface area contributed by atoms with Crippen LogP contribution < -0.4 is 5.32 Å². The molecule has 1 heterocycles. The Morgan fingerprint density at radius 2 is 1.96 bits per heavy atom. The van der Waals surface area contributed by atoms with Gasteiger partial charge in [-0.15, -0.1) is 11.3 Å². The van der Waals surface area contributed by atoms with Crippen molar-refractivity contribution < 1.29 is 14.7 Å². The third-order valence-electron chi connectivity index (χ3n) is 4.73. The molecule has 0 bridgehead atoms. The number of Topliss-reactive ketones (excluding diaryl/α,β-unsaturated/α-hetero) is 1. The van der Waals surface area contributed by atoms with E-state index in [1.165, 1.54) is 23.8 Å². The minimum absolute atomic E-state index is 0.0297. The average Bonchev–Trinajstić information content (AvgIpc) is 3.01. The lowest BCUT2D eigenvalue weighted by Gasteiger charge is -2.38. The van der Waals surface area contributed by atoms with Gasteiger partial charge in [-0.3, -0.25) is 9.59 Å². The van der Waals surface area contributed by atoms with Crippen LogP contribution in [0.2, 0.25) is 0 Å². The highest BCUT2D eigenvalue weighted by Crippen LogP contribution is 2.31. The first-order valence-corrected chi connectivity index (χ1v) is 9.49. The standard InChI is InChI=1S/C20H23NO3S/c1-13(22)19-8-15(12-25-19)9-20(24)21-18(16-10-17(23)11-16)7-14-5-3-2-4-6-14/h2-6,8,12,16-18,23H,7,9-11H2,1H3,(H,21,24)/t16?,17?,18-/m0/s1. The van der Waals surface area contributed by atoms with Crippen molar-refractivity contribution in [2.24, 2.45) is 5.92 Å². The van der Waals surface area contributed by atoms with Crippen molar-refractivity contribution >= 4 is 23.0 Å². The molecule has 1 aliphatic rings. The lowest BCUT2D eigenvalue weighted by atomic mass is 9.75. The summed E-state index contributed by atoms with van der Waals surface area (Å²) < 4.78 is 0. The van der Waals surface area contributed by atoms with E-state index in [0.29, 0.717) is 10.8 Å². The van der Waals surface area contributed by atoms with Gasteiger partial charge in [0.25, 0.3) is 0 Å². The normalized spacial score (nSPS) is 20.6. The van der Waals surface area contributed by atoms with Crippen LogP contribution in [0.25, 0.3) is 0 Å². The summed E-state index contributed by atoms with van der Waals surface area (Å²) in [4.78, 5) is 24.5. The van der Waals surface area contributed by atoms with Gasteiger partial charge in [0.05, 0.1) is 17.4 Å². The number of hydrogen-bond donors (Lipinski definition) is 2. The number of thiophene rings is 1. The number of aliphatic hydroxyl groups excluding tert-OH is 1. The zero-order valence-electron chi connectivity index (χ0n) is 14.3. The number of carbonyl (C=O) groups is 2. The lowest BCUT2D eigenvalue weighted by molar-refractivity contribution is -0.122. The third-order valence-corrected chi connectivity index (χ3v) is 5.81. The van der Waals surface area contributed by atoms with E-state index in [1.54, 1.807) is 6.07 Å². The maximum absolute atomic E-state index is 12.5. The number of benzene rings is 1. The Labute approximate surface area is 151 Å². The number of amides is 1. The molecule has 0 unspecified atom stereocenters. The molecule has 2 aromatic rings. The van der Waals surface area contributed by atoms with Crippen LogP contribution in [-0.2, 0) is 17.6 Å². The van der Waals surface area contributed by atoms with E-state index in [2.05, 4.69) is 17.4 Å². The maximum atomic E-state index is 12.5. The molecule has 25 heavy (non-hydrogen) atoms. The van der Waals surface area contributed by atoms with Crippen molar-refractivity contribution in [3.05, 3.63) is 57.8 Å².